The van der Waals surface area contributed by atoms with Crippen molar-refractivity contribution in [2.45, 2.75) is 174 Å². The average Bonchev–Trinajstić information content (AvgIpc) is 3.27. The van der Waals surface area contributed by atoms with Crippen LogP contribution in [0.25, 0.3) is 0 Å². The lowest BCUT2D eigenvalue weighted by Crippen LogP contribution is -2.64. The molecule has 3 aliphatic heterocycles. The molecule has 12 nitrogen and oxygen atoms in total. The van der Waals surface area contributed by atoms with Gasteiger partial charge in [-0.3, -0.25) is 14.4 Å². The molecule has 0 aromatic heterocycles. The number of hydrogen-bond acceptors (Lipinski definition) is 11. The van der Waals surface area contributed by atoms with Crippen molar-refractivity contribution in [2.75, 3.05) is 27.9 Å². The van der Waals surface area contributed by atoms with Crippen molar-refractivity contribution in [3.8, 4) is 0 Å². The van der Waals surface area contributed by atoms with E-state index in [9.17, 15) is 24.3 Å². The van der Waals surface area contributed by atoms with Crippen LogP contribution in [0.15, 0.2) is 53.6 Å². The molecule has 1 saturated carbocycles. The Kier molecular flexibility index (Phi) is 18.5. The van der Waals surface area contributed by atoms with Gasteiger partial charge in [0, 0.05) is 58.7 Å². The number of ether oxygens (including phenoxy) is 5. The van der Waals surface area contributed by atoms with E-state index < -0.39 is 59.8 Å². The van der Waals surface area contributed by atoms with Crippen LogP contribution >= 0.6 is 0 Å². The lowest BCUT2D eigenvalue weighted by molar-refractivity contribution is -0.302. The van der Waals surface area contributed by atoms with Gasteiger partial charge in [0.05, 0.1) is 18.3 Å². The molecule has 0 radical (unpaired) electrons. The normalized spacial score (nSPS) is 36.6. The van der Waals surface area contributed by atoms with Gasteiger partial charge in [-0.1, -0.05) is 75.8 Å². The topological polar surface area (TPSA) is 150 Å². The van der Waals surface area contributed by atoms with Crippen molar-refractivity contribution < 1.29 is 48.0 Å². The number of carbonyl (C=O) groups is 4. The summed E-state index contributed by atoms with van der Waals surface area (Å²) in [5, 5.41) is 15.8. The third-order valence-corrected chi connectivity index (χ3v) is 14.2. The molecule has 2 bridgehead atoms. The van der Waals surface area contributed by atoms with Crippen LogP contribution in [0, 0.1) is 29.6 Å². The molecule has 0 spiro atoms. The highest BCUT2D eigenvalue weighted by atomic mass is 16.7. The number of ketones is 2. The zero-order valence-electron chi connectivity index (χ0n) is 38.9. The summed E-state index contributed by atoms with van der Waals surface area (Å²) in [6.07, 6.45) is 8.86. The summed E-state index contributed by atoms with van der Waals surface area (Å²) in [5.41, 5.74) is 3.20. The monoisotopic (exact) mass is 865 g/mol. The number of allylic oxidation sites excluding steroid dienone is 3. The molecular formula is C50H76N2O10. The van der Waals surface area contributed by atoms with Crippen LogP contribution in [-0.4, -0.2) is 110 Å². The molecule has 2 saturated heterocycles. The maximum absolute atomic E-state index is 14.5. The van der Waals surface area contributed by atoms with Gasteiger partial charge in [0.15, 0.2) is 0 Å². The lowest BCUT2D eigenvalue weighted by atomic mass is 9.81. The Morgan fingerprint density at radius 3 is 2.29 bits per heavy atom. The minimum Gasteiger partial charge on any atom is -0.456 e. The first-order valence-electron chi connectivity index (χ1n) is 23.3. The zero-order chi connectivity index (χ0) is 45.1. The molecule has 1 aliphatic carbocycles. The van der Waals surface area contributed by atoms with Crippen molar-refractivity contribution >= 4 is 23.4 Å². The number of esters is 1. The van der Waals surface area contributed by atoms with E-state index in [2.05, 4.69) is 36.5 Å². The van der Waals surface area contributed by atoms with Crippen LogP contribution in [0.2, 0.25) is 0 Å². The molecule has 1 aromatic rings. The van der Waals surface area contributed by atoms with Crippen LogP contribution in [0.5, 0.6) is 0 Å². The number of cyclic esters (lactones) is 1. The summed E-state index contributed by atoms with van der Waals surface area (Å²) < 4.78 is 30.6. The van der Waals surface area contributed by atoms with Crippen molar-refractivity contribution in [3.05, 3.63) is 59.2 Å². The molecule has 3 heterocycles. The van der Waals surface area contributed by atoms with Gasteiger partial charge >= 0.3 is 5.97 Å². The largest absolute Gasteiger partial charge is 0.456 e. The molecule has 1 amide bonds. The van der Waals surface area contributed by atoms with Crippen LogP contribution in [-0.2, 0) is 49.4 Å². The Morgan fingerprint density at radius 2 is 1.61 bits per heavy atom. The lowest BCUT2D eigenvalue weighted by Gasteiger charge is -2.47. The molecule has 1 aromatic carbocycles. The second-order valence-corrected chi connectivity index (χ2v) is 18.9. The molecular weight excluding hydrogens is 789 g/mol. The Morgan fingerprint density at radius 1 is 0.919 bits per heavy atom. The number of nitrogens with zero attached hydrogens (tertiary/aromatic N) is 1. The summed E-state index contributed by atoms with van der Waals surface area (Å²) in [6.45, 7) is 12.8. The Bertz CT molecular complexity index is 1720. The fourth-order valence-corrected chi connectivity index (χ4v) is 10.5. The van der Waals surface area contributed by atoms with Crippen molar-refractivity contribution in [2.24, 2.45) is 29.6 Å². The zero-order valence-corrected chi connectivity index (χ0v) is 38.9. The molecule has 5 rings (SSSR count). The summed E-state index contributed by atoms with van der Waals surface area (Å²) in [5.74, 6) is -5.98. The van der Waals surface area contributed by atoms with Crippen LogP contribution < -0.4 is 5.32 Å². The maximum Gasteiger partial charge on any atom is 0.329 e. The number of carbonyl (C=O) groups excluding carboxylic acids is 4. The molecule has 13 unspecified atom stereocenters. The molecule has 62 heavy (non-hydrogen) atoms. The smallest absolute Gasteiger partial charge is 0.329 e. The number of methoxy groups -OCH3 is 3. The van der Waals surface area contributed by atoms with Crippen molar-refractivity contribution in [3.63, 3.8) is 0 Å². The number of fused-ring (bicyclic) bond motifs is 3. The van der Waals surface area contributed by atoms with Crippen molar-refractivity contribution in [1.29, 1.82) is 0 Å². The first-order chi connectivity index (χ1) is 29.6. The van der Waals surface area contributed by atoms with E-state index in [1.807, 2.05) is 45.9 Å². The van der Waals surface area contributed by atoms with E-state index in [0.717, 1.165) is 37.0 Å². The summed E-state index contributed by atoms with van der Waals surface area (Å²) in [6, 6.07) is 9.49. The summed E-state index contributed by atoms with van der Waals surface area (Å²) in [4.78, 5) is 58.3. The molecule has 13 atom stereocenters. The van der Waals surface area contributed by atoms with Gasteiger partial charge in [-0.25, -0.2) is 4.79 Å². The number of nitrogens with one attached hydrogen (secondary N) is 1. The highest BCUT2D eigenvalue weighted by Gasteiger charge is 2.56. The van der Waals surface area contributed by atoms with Gasteiger partial charge < -0.3 is 39.0 Å². The minimum atomic E-state index is -2.46. The number of Topliss-reactive ketones (excluding diaryl/α,β-unsaturated/α-hetero) is 2. The highest BCUT2D eigenvalue weighted by molar-refractivity contribution is 6.39. The average molecular weight is 865 g/mol. The quantitative estimate of drug-likeness (QED) is 0.146. The minimum absolute atomic E-state index is 0.00579. The SMILES string of the molecule is CCC1C=C(C)CC(C)CC(OC)C2OC(O)(C(=O)C(=O)N3CCCCC3C(=O)OC(C(C)=CC3CCC(NCc4ccccc4)C(OC)C3)C(C)CCC1=O)C(C)CC2OC. The standard InChI is InChI=1S/C50H76N2O10/c1-10-38-25-31(2)24-32(3)26-43(59-8)46-44(60-9)28-35(6)50(57,62-46)47(54)48(55)52-23-15-14-18-40(52)49(56)61-45(33(4)19-22-41(38)53)34(5)27-37-20-21-39(42(29-37)58-7)51-30-36-16-12-11-13-17-36/h11-13,16-17,25,27,32-33,35,37-40,42-46,51,57H,10,14-15,18-24,26,28-30H2,1-9H3. The Hall–Kier alpha value is -3.26. The van der Waals surface area contributed by atoms with Gasteiger partial charge in [0.1, 0.15) is 24.0 Å². The van der Waals surface area contributed by atoms with Gasteiger partial charge in [0.25, 0.3) is 11.7 Å². The van der Waals surface area contributed by atoms with Gasteiger partial charge in [-0.2, -0.15) is 0 Å². The van der Waals surface area contributed by atoms with Gasteiger partial charge in [0.2, 0.25) is 5.79 Å². The Balaban J connectivity index is 1.45. The van der Waals surface area contributed by atoms with Crippen LogP contribution in [0.4, 0.5) is 0 Å². The first-order valence-corrected chi connectivity index (χ1v) is 23.3. The van der Waals surface area contributed by atoms with E-state index in [1.54, 1.807) is 28.3 Å². The second-order valence-electron chi connectivity index (χ2n) is 18.9. The van der Waals surface area contributed by atoms with E-state index >= 15 is 0 Å². The van der Waals surface area contributed by atoms with E-state index in [0.29, 0.717) is 51.4 Å². The molecule has 4 aliphatic rings. The fourth-order valence-electron chi connectivity index (χ4n) is 10.5. The molecule has 346 valence electrons. The number of benzene rings is 1. The summed E-state index contributed by atoms with van der Waals surface area (Å²) in [7, 11) is 4.88. The first kappa shape index (κ1) is 49.8. The van der Waals surface area contributed by atoms with Crippen LogP contribution in [0.1, 0.15) is 124 Å². The Labute approximate surface area is 370 Å². The van der Waals surface area contributed by atoms with E-state index in [-0.39, 0.29) is 54.6 Å². The summed E-state index contributed by atoms with van der Waals surface area (Å²) >= 11 is 0. The third kappa shape index (κ3) is 12.3. The van der Waals surface area contributed by atoms with E-state index in [4.69, 9.17) is 23.7 Å². The predicted molar refractivity (Wildman–Crippen MR) is 238 cm³/mol. The van der Waals surface area contributed by atoms with Gasteiger partial charge in [-0.15, -0.1) is 0 Å². The fraction of sp³-hybridized carbons (Fsp3) is 0.720. The number of piperidine rings is 1. The third-order valence-electron chi connectivity index (χ3n) is 14.2. The highest BCUT2D eigenvalue weighted by Crippen LogP contribution is 2.39. The second kappa shape index (κ2) is 23.1. The number of rotatable bonds is 9. The van der Waals surface area contributed by atoms with E-state index in [1.165, 1.54) is 10.5 Å². The molecule has 2 N–H and O–H groups in total. The van der Waals surface area contributed by atoms with Crippen molar-refractivity contribution in [1.82, 2.24) is 10.2 Å². The maximum atomic E-state index is 14.5. The predicted octanol–water partition coefficient (Wildman–Crippen LogP) is 7.30. The number of aliphatic hydroxyl groups is 1. The molecule has 3 fully saturated rings. The van der Waals surface area contributed by atoms with Gasteiger partial charge in [-0.05, 0) is 113 Å². The molecule has 12 heteroatoms. The number of hydrogen-bond donors (Lipinski definition) is 2. The van der Waals surface area contributed by atoms with Crippen LogP contribution in [0.3, 0.4) is 0 Å². The number of amides is 1.